The van der Waals surface area contributed by atoms with E-state index >= 15 is 0 Å². The van der Waals surface area contributed by atoms with Gasteiger partial charge in [0, 0.05) is 34.3 Å². The number of hydrogen-bond acceptors (Lipinski definition) is 6. The molecule has 0 saturated carbocycles. The number of oxazole rings is 2. The first-order valence-electron chi connectivity index (χ1n) is 14.9. The van der Waals surface area contributed by atoms with Gasteiger partial charge in [-0.1, -0.05) is 48.5 Å². The average molecular weight is 606 g/mol. The van der Waals surface area contributed by atoms with Gasteiger partial charge in [-0.15, -0.1) is 0 Å². The van der Waals surface area contributed by atoms with Crippen LogP contribution in [-0.2, 0) is 0 Å². The van der Waals surface area contributed by atoms with Crippen LogP contribution in [0, 0.1) is 17.9 Å². The summed E-state index contributed by atoms with van der Waals surface area (Å²) in [5.41, 5.74) is 10.5. The zero-order valence-electron chi connectivity index (χ0n) is 24.8. The summed E-state index contributed by atoms with van der Waals surface area (Å²) in [6, 6.07) is 47.6. The molecule has 2 aromatic heterocycles. The molecule has 0 unspecified atom stereocenters. The molecular weight excluding hydrogens is 582 g/mol. The van der Waals surface area contributed by atoms with Gasteiger partial charge in [0.25, 0.3) is 0 Å². The van der Waals surface area contributed by atoms with Crippen LogP contribution in [0.3, 0.4) is 0 Å². The topological polar surface area (TPSA) is 83.5 Å². The van der Waals surface area contributed by atoms with E-state index in [1.807, 2.05) is 66.7 Å². The molecule has 8 aromatic rings. The molecule has 0 spiro atoms. The normalized spacial score (nSPS) is 10.9. The molecule has 0 aliphatic heterocycles. The molecule has 0 amide bonds. The van der Waals surface area contributed by atoms with Gasteiger partial charge in [-0.25, -0.2) is 14.8 Å². The standard InChI is InChI=1S/C40H23N5O2/c1-42-31-14-22-36-38(24-31)47-40(44-36)30-12-19-34(20-13-30)45(32-15-8-28(9-16-32)27-5-3-2-4-6-27)33-17-10-29(11-18-33)39-43-35-21-7-26(25-41)23-37(35)46-39/h2-24H. The molecule has 0 fully saturated rings. The predicted molar refractivity (Wildman–Crippen MR) is 184 cm³/mol. The highest BCUT2D eigenvalue weighted by atomic mass is 16.4. The first kappa shape index (κ1) is 27.6. The van der Waals surface area contributed by atoms with Gasteiger partial charge < -0.3 is 13.7 Å². The highest BCUT2D eigenvalue weighted by molar-refractivity contribution is 5.83. The van der Waals surface area contributed by atoms with Crippen LogP contribution in [0.25, 0.3) is 61.1 Å². The fraction of sp³-hybridized carbons (Fsp3) is 0. The summed E-state index contributed by atoms with van der Waals surface area (Å²) < 4.78 is 12.0. The molecule has 0 aliphatic rings. The van der Waals surface area contributed by atoms with E-state index in [4.69, 9.17) is 15.4 Å². The lowest BCUT2D eigenvalue weighted by Crippen LogP contribution is -2.09. The fourth-order valence-electron chi connectivity index (χ4n) is 5.61. The number of hydrogen-bond donors (Lipinski definition) is 0. The highest BCUT2D eigenvalue weighted by Gasteiger charge is 2.16. The SMILES string of the molecule is [C-]#[N+]c1ccc2nc(-c3ccc(N(c4ccc(-c5ccccc5)cc4)c4ccc(-c5nc6ccc(C#N)cc6o5)cc4)cc3)oc2c1. The molecule has 2 heterocycles. The maximum absolute atomic E-state index is 9.25. The minimum absolute atomic E-state index is 0.492. The summed E-state index contributed by atoms with van der Waals surface area (Å²) in [6.07, 6.45) is 0. The van der Waals surface area contributed by atoms with Crippen LogP contribution in [-0.4, -0.2) is 9.97 Å². The number of aromatic nitrogens is 2. The van der Waals surface area contributed by atoms with Crippen molar-refractivity contribution in [3.8, 4) is 40.1 Å². The van der Waals surface area contributed by atoms with Gasteiger partial charge >= 0.3 is 0 Å². The minimum Gasteiger partial charge on any atom is -0.437 e. The Morgan fingerprint density at radius 1 is 0.553 bits per heavy atom. The van der Waals surface area contributed by atoms with Gasteiger partial charge in [-0.3, -0.25) is 0 Å². The summed E-state index contributed by atoms with van der Waals surface area (Å²) in [5.74, 6) is 0.989. The monoisotopic (exact) mass is 605 g/mol. The zero-order chi connectivity index (χ0) is 31.7. The van der Waals surface area contributed by atoms with Crippen molar-refractivity contribution in [3.05, 3.63) is 157 Å². The molecule has 220 valence electrons. The molecule has 0 N–H and O–H groups in total. The van der Waals surface area contributed by atoms with E-state index in [-0.39, 0.29) is 0 Å². The second-order valence-electron chi connectivity index (χ2n) is 10.9. The van der Waals surface area contributed by atoms with Crippen molar-refractivity contribution in [1.29, 1.82) is 5.26 Å². The number of benzene rings is 6. The van der Waals surface area contributed by atoms with Crippen LogP contribution in [0.15, 0.2) is 148 Å². The van der Waals surface area contributed by atoms with Crippen molar-refractivity contribution >= 4 is 44.9 Å². The fourth-order valence-corrected chi connectivity index (χ4v) is 5.61. The maximum Gasteiger partial charge on any atom is 0.227 e. The summed E-state index contributed by atoms with van der Waals surface area (Å²) >= 11 is 0. The molecule has 0 atom stereocenters. The predicted octanol–water partition coefficient (Wildman–Crippen LogP) is 10.9. The Hall–Kier alpha value is -6.96. The third-order valence-corrected chi connectivity index (χ3v) is 8.00. The number of fused-ring (bicyclic) bond motifs is 2. The number of anilines is 3. The Labute approximate surface area is 270 Å². The van der Waals surface area contributed by atoms with Crippen molar-refractivity contribution in [2.75, 3.05) is 4.90 Å². The van der Waals surface area contributed by atoms with Gasteiger partial charge in [0.1, 0.15) is 16.6 Å². The number of nitriles is 1. The molecule has 6 aromatic carbocycles. The van der Waals surface area contributed by atoms with Gasteiger partial charge in [0.2, 0.25) is 11.8 Å². The van der Waals surface area contributed by atoms with Crippen LogP contribution in [0.5, 0.6) is 0 Å². The molecule has 8 rings (SSSR count). The lowest BCUT2D eigenvalue weighted by molar-refractivity contribution is 0.619. The molecular formula is C40H23N5O2. The van der Waals surface area contributed by atoms with E-state index in [1.54, 1.807) is 36.4 Å². The molecule has 0 radical (unpaired) electrons. The van der Waals surface area contributed by atoms with E-state index in [9.17, 15) is 5.26 Å². The average Bonchev–Trinajstić information content (AvgIpc) is 3.77. The number of nitrogens with zero attached hydrogens (tertiary/aromatic N) is 5. The third kappa shape index (κ3) is 5.25. The van der Waals surface area contributed by atoms with Crippen molar-refractivity contribution < 1.29 is 8.83 Å². The van der Waals surface area contributed by atoms with Crippen LogP contribution in [0.1, 0.15) is 5.56 Å². The molecule has 47 heavy (non-hydrogen) atoms. The van der Waals surface area contributed by atoms with E-state index in [0.29, 0.717) is 45.2 Å². The van der Waals surface area contributed by atoms with E-state index in [0.717, 1.165) is 39.3 Å². The van der Waals surface area contributed by atoms with Crippen molar-refractivity contribution in [2.45, 2.75) is 0 Å². The van der Waals surface area contributed by atoms with Crippen LogP contribution >= 0.6 is 0 Å². The lowest BCUT2D eigenvalue weighted by Gasteiger charge is -2.26. The molecule has 7 heteroatoms. The smallest absolute Gasteiger partial charge is 0.227 e. The summed E-state index contributed by atoms with van der Waals surface area (Å²) in [5, 5.41) is 9.25. The van der Waals surface area contributed by atoms with E-state index in [1.165, 1.54) is 0 Å². The van der Waals surface area contributed by atoms with Gasteiger partial charge in [0.05, 0.1) is 18.2 Å². The largest absolute Gasteiger partial charge is 0.437 e. The first-order valence-corrected chi connectivity index (χ1v) is 14.9. The molecule has 0 bridgehead atoms. The second kappa shape index (κ2) is 11.5. The van der Waals surface area contributed by atoms with Gasteiger partial charge in [0.15, 0.2) is 11.3 Å². The Morgan fingerprint density at radius 3 is 1.57 bits per heavy atom. The maximum atomic E-state index is 9.25. The summed E-state index contributed by atoms with van der Waals surface area (Å²) in [6.45, 7) is 7.28. The number of rotatable bonds is 6. The van der Waals surface area contributed by atoms with Crippen molar-refractivity contribution in [2.24, 2.45) is 0 Å². The third-order valence-electron chi connectivity index (χ3n) is 8.00. The lowest BCUT2D eigenvalue weighted by atomic mass is 10.0. The van der Waals surface area contributed by atoms with Crippen LogP contribution in [0.4, 0.5) is 22.7 Å². The van der Waals surface area contributed by atoms with Gasteiger partial charge in [-0.2, -0.15) is 5.26 Å². The van der Waals surface area contributed by atoms with Gasteiger partial charge in [-0.05, 0) is 96.1 Å². The quantitative estimate of drug-likeness (QED) is 0.175. The summed E-state index contributed by atoms with van der Waals surface area (Å²) in [7, 11) is 0. The Balaban J connectivity index is 1.16. The Kier molecular flexibility index (Phi) is 6.76. The Bertz CT molecular complexity index is 2330. The van der Waals surface area contributed by atoms with E-state index in [2.05, 4.69) is 62.2 Å². The Morgan fingerprint density at radius 2 is 1.04 bits per heavy atom. The minimum atomic E-state index is 0.492. The first-order chi connectivity index (χ1) is 23.1. The summed E-state index contributed by atoms with van der Waals surface area (Å²) in [4.78, 5) is 14.9. The van der Waals surface area contributed by atoms with Crippen LogP contribution in [0.2, 0.25) is 0 Å². The van der Waals surface area contributed by atoms with Crippen molar-refractivity contribution in [1.82, 2.24) is 9.97 Å². The molecule has 7 nitrogen and oxygen atoms in total. The zero-order valence-corrected chi connectivity index (χ0v) is 24.8. The van der Waals surface area contributed by atoms with Crippen LogP contribution < -0.4 is 4.90 Å². The van der Waals surface area contributed by atoms with E-state index < -0.39 is 0 Å². The molecule has 0 saturated heterocycles. The second-order valence-corrected chi connectivity index (χ2v) is 10.9. The highest BCUT2D eigenvalue weighted by Crippen LogP contribution is 2.38. The molecule has 0 aliphatic carbocycles. The van der Waals surface area contributed by atoms with Crippen molar-refractivity contribution in [3.63, 3.8) is 0 Å².